The maximum absolute atomic E-state index is 13.2. The molecule has 7 nitrogen and oxygen atoms in total. The number of rotatable bonds is 4. The number of nitrogens with one attached hydrogen (secondary N) is 2. The third kappa shape index (κ3) is 4.14. The molecule has 28 heavy (non-hydrogen) atoms. The number of imidazole rings is 1. The SMILES string of the molecule is CNC(=O)[C@@H](NC(=O)c1nc(C2=CCCC2)n2c1CN(C)CCC2)C(C)(C)C. The molecule has 0 saturated carbocycles. The highest BCUT2D eigenvalue weighted by atomic mass is 16.2. The van der Waals surface area contributed by atoms with Crippen LogP contribution >= 0.6 is 0 Å². The molecule has 1 aromatic rings. The van der Waals surface area contributed by atoms with Crippen LogP contribution in [0.2, 0.25) is 0 Å². The summed E-state index contributed by atoms with van der Waals surface area (Å²) in [6.07, 6.45) is 6.50. The number of hydrogen-bond acceptors (Lipinski definition) is 4. The molecule has 1 aliphatic heterocycles. The largest absolute Gasteiger partial charge is 0.357 e. The maximum atomic E-state index is 13.2. The first-order chi connectivity index (χ1) is 13.2. The molecule has 2 N–H and O–H groups in total. The molecule has 0 unspecified atom stereocenters. The van der Waals surface area contributed by atoms with Gasteiger partial charge in [0.1, 0.15) is 11.9 Å². The van der Waals surface area contributed by atoms with Crippen molar-refractivity contribution >= 4 is 17.4 Å². The Morgan fingerprint density at radius 2 is 1.96 bits per heavy atom. The Kier molecular flexibility index (Phi) is 5.93. The van der Waals surface area contributed by atoms with Gasteiger partial charge in [-0.1, -0.05) is 26.8 Å². The minimum atomic E-state index is -0.625. The molecule has 154 valence electrons. The Hall–Kier alpha value is -2.15. The van der Waals surface area contributed by atoms with Crippen molar-refractivity contribution in [2.24, 2.45) is 5.41 Å². The first-order valence-electron chi connectivity index (χ1n) is 10.2. The summed E-state index contributed by atoms with van der Waals surface area (Å²) < 4.78 is 2.22. The van der Waals surface area contributed by atoms with Crippen molar-refractivity contribution in [2.75, 3.05) is 20.6 Å². The van der Waals surface area contributed by atoms with Gasteiger partial charge in [0, 0.05) is 20.1 Å². The van der Waals surface area contributed by atoms with Gasteiger partial charge in [0.05, 0.1) is 5.69 Å². The fraction of sp³-hybridized carbons (Fsp3) is 0.667. The number of hydrogen-bond donors (Lipinski definition) is 2. The first kappa shape index (κ1) is 20.6. The minimum Gasteiger partial charge on any atom is -0.357 e. The van der Waals surface area contributed by atoms with Gasteiger partial charge in [-0.25, -0.2) is 4.98 Å². The quantitative estimate of drug-likeness (QED) is 0.830. The lowest BCUT2D eigenvalue weighted by atomic mass is 9.86. The van der Waals surface area contributed by atoms with E-state index in [4.69, 9.17) is 4.98 Å². The zero-order valence-corrected chi connectivity index (χ0v) is 17.8. The number of fused-ring (bicyclic) bond motifs is 1. The van der Waals surface area contributed by atoms with E-state index in [0.717, 1.165) is 50.3 Å². The molecule has 1 aromatic heterocycles. The predicted octanol–water partition coefficient (Wildman–Crippen LogP) is 2.18. The molecule has 0 fully saturated rings. The summed E-state index contributed by atoms with van der Waals surface area (Å²) in [5.74, 6) is 0.467. The van der Waals surface area contributed by atoms with Crippen molar-refractivity contribution in [3.05, 3.63) is 23.3 Å². The maximum Gasteiger partial charge on any atom is 0.272 e. The average Bonchev–Trinajstić information content (AvgIpc) is 3.22. The molecular weight excluding hydrogens is 354 g/mol. The number of amides is 2. The van der Waals surface area contributed by atoms with Gasteiger partial charge in [-0.05, 0) is 50.3 Å². The van der Waals surface area contributed by atoms with E-state index in [1.54, 1.807) is 7.05 Å². The van der Waals surface area contributed by atoms with Crippen molar-refractivity contribution < 1.29 is 9.59 Å². The molecule has 2 heterocycles. The van der Waals surface area contributed by atoms with Crippen LogP contribution in [0, 0.1) is 5.41 Å². The van der Waals surface area contributed by atoms with Gasteiger partial charge < -0.3 is 20.1 Å². The number of nitrogens with zero attached hydrogens (tertiary/aromatic N) is 3. The first-order valence-corrected chi connectivity index (χ1v) is 10.2. The highest BCUT2D eigenvalue weighted by Crippen LogP contribution is 2.30. The second-order valence-electron chi connectivity index (χ2n) is 8.98. The molecule has 1 atom stereocenters. The summed E-state index contributed by atoms with van der Waals surface area (Å²) in [5, 5.41) is 5.61. The van der Waals surface area contributed by atoms with Crippen molar-refractivity contribution in [2.45, 2.75) is 65.6 Å². The highest BCUT2D eigenvalue weighted by molar-refractivity contribution is 5.97. The molecule has 0 spiro atoms. The van der Waals surface area contributed by atoms with Gasteiger partial charge in [0.25, 0.3) is 5.91 Å². The van der Waals surface area contributed by atoms with Crippen LogP contribution in [0.25, 0.3) is 5.57 Å². The van der Waals surface area contributed by atoms with Crippen LogP contribution in [0.5, 0.6) is 0 Å². The molecule has 3 rings (SSSR count). The van der Waals surface area contributed by atoms with E-state index in [0.29, 0.717) is 12.2 Å². The molecule has 0 aromatic carbocycles. The molecule has 0 radical (unpaired) electrons. The van der Waals surface area contributed by atoms with Crippen LogP contribution in [-0.2, 0) is 17.9 Å². The molecule has 1 aliphatic carbocycles. The number of carbonyl (C=O) groups excluding carboxylic acids is 2. The van der Waals surface area contributed by atoms with E-state index >= 15 is 0 Å². The van der Waals surface area contributed by atoms with Crippen molar-refractivity contribution in [1.29, 1.82) is 0 Å². The number of allylic oxidation sites excluding steroid dienone is 2. The third-order valence-electron chi connectivity index (χ3n) is 5.61. The second kappa shape index (κ2) is 8.07. The van der Waals surface area contributed by atoms with Crippen LogP contribution in [0.15, 0.2) is 6.08 Å². The average molecular weight is 388 g/mol. The van der Waals surface area contributed by atoms with Crippen molar-refractivity contribution in [3.63, 3.8) is 0 Å². The Morgan fingerprint density at radius 1 is 1.21 bits per heavy atom. The molecule has 0 saturated heterocycles. The summed E-state index contributed by atoms with van der Waals surface area (Å²) in [5.41, 5.74) is 2.24. The van der Waals surface area contributed by atoms with Crippen molar-refractivity contribution in [3.8, 4) is 0 Å². The van der Waals surface area contributed by atoms with E-state index in [1.165, 1.54) is 5.57 Å². The Morgan fingerprint density at radius 3 is 2.57 bits per heavy atom. The summed E-state index contributed by atoms with van der Waals surface area (Å²) >= 11 is 0. The molecular formula is C21H33N5O2. The van der Waals surface area contributed by atoms with Gasteiger partial charge in [0.2, 0.25) is 5.91 Å². The molecule has 2 amide bonds. The molecule has 2 aliphatic rings. The van der Waals surface area contributed by atoms with Gasteiger partial charge in [0.15, 0.2) is 5.69 Å². The fourth-order valence-corrected chi connectivity index (χ4v) is 4.04. The smallest absolute Gasteiger partial charge is 0.272 e. The third-order valence-corrected chi connectivity index (χ3v) is 5.61. The van der Waals surface area contributed by atoms with Crippen LogP contribution in [-0.4, -0.2) is 52.9 Å². The predicted molar refractivity (Wildman–Crippen MR) is 110 cm³/mol. The van der Waals surface area contributed by atoms with Gasteiger partial charge in [-0.2, -0.15) is 0 Å². The highest BCUT2D eigenvalue weighted by Gasteiger charge is 2.34. The monoisotopic (exact) mass is 387 g/mol. The number of likely N-dealkylation sites (N-methyl/N-ethyl adjacent to an activating group) is 1. The van der Waals surface area contributed by atoms with Crippen LogP contribution in [0.3, 0.4) is 0 Å². The Labute approximate surface area is 167 Å². The van der Waals surface area contributed by atoms with Crippen LogP contribution in [0.4, 0.5) is 0 Å². The zero-order valence-electron chi connectivity index (χ0n) is 17.8. The van der Waals surface area contributed by atoms with Gasteiger partial charge in [-0.15, -0.1) is 0 Å². The minimum absolute atomic E-state index is 0.193. The molecule has 7 heteroatoms. The zero-order chi connectivity index (χ0) is 20.5. The lowest BCUT2D eigenvalue weighted by Gasteiger charge is -2.29. The van der Waals surface area contributed by atoms with Crippen molar-refractivity contribution in [1.82, 2.24) is 25.1 Å². The van der Waals surface area contributed by atoms with E-state index in [2.05, 4.69) is 33.2 Å². The summed E-state index contributed by atoms with van der Waals surface area (Å²) in [6.45, 7) is 8.38. The number of aromatic nitrogens is 2. The Bertz CT molecular complexity index is 787. The fourth-order valence-electron chi connectivity index (χ4n) is 4.04. The van der Waals surface area contributed by atoms with Crippen LogP contribution in [0.1, 0.15) is 68.5 Å². The Balaban J connectivity index is 1.98. The van der Waals surface area contributed by atoms with E-state index in [1.807, 2.05) is 20.8 Å². The normalized spacial score (nSPS) is 18.8. The summed E-state index contributed by atoms with van der Waals surface area (Å²) in [7, 11) is 3.66. The molecule has 0 bridgehead atoms. The summed E-state index contributed by atoms with van der Waals surface area (Å²) in [4.78, 5) is 32.6. The standard InChI is InChI=1S/C21H33N5O2/c1-21(2,3)17(20(28)22-4)24-19(27)16-15-13-25(5)11-8-12-26(15)18(23-16)14-9-6-7-10-14/h9,17H,6-8,10-13H2,1-5H3,(H,22,28)(H,24,27)/t17-/m1/s1. The van der Waals surface area contributed by atoms with Crippen LogP contribution < -0.4 is 10.6 Å². The summed E-state index contributed by atoms with van der Waals surface area (Å²) in [6, 6.07) is -0.625. The van der Waals surface area contributed by atoms with E-state index < -0.39 is 11.5 Å². The number of carbonyl (C=O) groups is 2. The van der Waals surface area contributed by atoms with Gasteiger partial charge in [-0.3, -0.25) is 9.59 Å². The topological polar surface area (TPSA) is 79.3 Å². The van der Waals surface area contributed by atoms with E-state index in [9.17, 15) is 9.59 Å². The van der Waals surface area contributed by atoms with Gasteiger partial charge >= 0.3 is 0 Å². The second-order valence-corrected chi connectivity index (χ2v) is 8.98. The lowest BCUT2D eigenvalue weighted by Crippen LogP contribution is -2.53. The lowest BCUT2D eigenvalue weighted by molar-refractivity contribution is -0.124. The van der Waals surface area contributed by atoms with E-state index in [-0.39, 0.29) is 11.8 Å².